The normalized spacial score (nSPS) is 12.0. The van der Waals surface area contributed by atoms with Gasteiger partial charge in [-0.25, -0.2) is 4.79 Å². The Labute approximate surface area is 156 Å². The molecule has 3 heteroatoms. The number of unbranched alkanes of at least 4 members (excludes halogenated alkanes) is 13. The Hall–Kier alpha value is -0.830. The Morgan fingerprint density at radius 2 is 1.20 bits per heavy atom. The maximum absolute atomic E-state index is 11.4. The van der Waals surface area contributed by atoms with Crippen LogP contribution >= 0.6 is 0 Å². The summed E-state index contributed by atoms with van der Waals surface area (Å²) in [4.78, 5) is 21.1. The summed E-state index contributed by atoms with van der Waals surface area (Å²) in [7, 11) is 0. The highest BCUT2D eigenvalue weighted by Gasteiger charge is 2.13. The van der Waals surface area contributed by atoms with Crippen molar-refractivity contribution in [3.8, 4) is 0 Å². The Bertz CT molecular complexity index is 329. The van der Waals surface area contributed by atoms with Crippen LogP contribution in [0.4, 0.5) is 0 Å². The van der Waals surface area contributed by atoms with Crippen molar-refractivity contribution in [1.29, 1.82) is 0 Å². The molecule has 0 amide bonds. The quantitative estimate of drug-likeness (QED) is 0.126. The summed E-state index contributed by atoms with van der Waals surface area (Å²) >= 11 is 0. The third-order valence-electron chi connectivity index (χ3n) is 4.10. The monoisotopic (exact) mass is 354 g/mol. The molecular formula is C22H42O3. The zero-order valence-electron chi connectivity index (χ0n) is 17.3. The maximum atomic E-state index is 11.4. The van der Waals surface area contributed by atoms with Crippen molar-refractivity contribution in [2.24, 2.45) is 0 Å². The highest BCUT2D eigenvalue weighted by Crippen LogP contribution is 2.13. The lowest BCUT2D eigenvalue weighted by Gasteiger charge is -2.15. The lowest BCUT2D eigenvalue weighted by atomic mass is 10.0. The minimum Gasteiger partial charge on any atom is -0.293 e. The smallest absolute Gasteiger partial charge is 0.293 e. The topological polar surface area (TPSA) is 35.5 Å². The number of carbonyl (C=O) groups is 1. The van der Waals surface area contributed by atoms with E-state index in [1.165, 1.54) is 83.1 Å². The van der Waals surface area contributed by atoms with E-state index in [1.807, 2.05) is 26.8 Å². The molecule has 0 heterocycles. The molecule has 0 spiro atoms. The van der Waals surface area contributed by atoms with Crippen LogP contribution in [0.25, 0.3) is 0 Å². The lowest BCUT2D eigenvalue weighted by Crippen LogP contribution is -2.21. The molecule has 0 rings (SSSR count). The Balaban J connectivity index is 3.25. The minimum absolute atomic E-state index is 0.426. The molecule has 0 aromatic rings. The molecule has 0 radical (unpaired) electrons. The van der Waals surface area contributed by atoms with Crippen molar-refractivity contribution < 1.29 is 14.6 Å². The number of hydrogen-bond donors (Lipinski definition) is 0. The standard InChI is InChI=1S/C22H42O3/c1-5-6-7-8-9-10-11-12-13-14-15-16-17-18-19-20-21(23)24-25-22(2,3)4/h19-20H,5-18H2,1-4H3. The van der Waals surface area contributed by atoms with Crippen molar-refractivity contribution in [1.82, 2.24) is 0 Å². The van der Waals surface area contributed by atoms with Crippen molar-refractivity contribution in [2.75, 3.05) is 0 Å². The summed E-state index contributed by atoms with van der Waals surface area (Å²) < 4.78 is 0. The summed E-state index contributed by atoms with van der Waals surface area (Å²) in [5, 5.41) is 0. The highest BCUT2D eigenvalue weighted by molar-refractivity contribution is 5.81. The van der Waals surface area contributed by atoms with Crippen LogP contribution in [0.3, 0.4) is 0 Å². The van der Waals surface area contributed by atoms with Crippen molar-refractivity contribution >= 4 is 5.97 Å². The van der Waals surface area contributed by atoms with E-state index in [4.69, 9.17) is 9.78 Å². The molecule has 0 aliphatic heterocycles. The second kappa shape index (κ2) is 16.6. The molecule has 0 aromatic heterocycles. The van der Waals surface area contributed by atoms with Crippen LogP contribution in [-0.4, -0.2) is 11.6 Å². The van der Waals surface area contributed by atoms with E-state index in [-0.39, 0.29) is 0 Å². The second-order valence-corrected chi connectivity index (χ2v) is 8.03. The van der Waals surface area contributed by atoms with Crippen molar-refractivity contribution in [2.45, 2.75) is 123 Å². The number of hydrogen-bond acceptors (Lipinski definition) is 3. The molecule has 0 aliphatic rings. The Morgan fingerprint density at radius 3 is 1.64 bits per heavy atom. The van der Waals surface area contributed by atoms with E-state index in [2.05, 4.69) is 6.92 Å². The van der Waals surface area contributed by atoms with Crippen molar-refractivity contribution in [3.05, 3.63) is 12.2 Å². The zero-order chi connectivity index (χ0) is 18.8. The van der Waals surface area contributed by atoms with Gasteiger partial charge in [0.1, 0.15) is 5.60 Å². The molecule has 0 saturated heterocycles. The van der Waals surface area contributed by atoms with Crippen LogP contribution in [0.15, 0.2) is 12.2 Å². The van der Waals surface area contributed by atoms with Crippen LogP contribution in [0, 0.1) is 0 Å². The number of allylic oxidation sites excluding steroid dienone is 1. The summed E-state index contributed by atoms with van der Waals surface area (Å²) in [6.45, 7) is 7.81. The molecule has 0 aromatic carbocycles. The SMILES string of the molecule is CCCCCCCCCCCCCCCC=CC(=O)OOC(C)(C)C. The summed E-state index contributed by atoms with van der Waals surface area (Å²) in [5.41, 5.74) is -0.460. The fraction of sp³-hybridized carbons (Fsp3) is 0.864. The summed E-state index contributed by atoms with van der Waals surface area (Å²) in [6, 6.07) is 0. The van der Waals surface area contributed by atoms with Crippen LogP contribution in [0.1, 0.15) is 118 Å². The van der Waals surface area contributed by atoms with Gasteiger partial charge in [0.2, 0.25) is 0 Å². The van der Waals surface area contributed by atoms with Gasteiger partial charge in [-0.2, -0.15) is 4.89 Å². The van der Waals surface area contributed by atoms with Crippen LogP contribution < -0.4 is 0 Å². The molecular weight excluding hydrogens is 312 g/mol. The maximum Gasteiger partial charge on any atom is 0.365 e. The number of carbonyl (C=O) groups excluding carboxylic acids is 1. The zero-order valence-corrected chi connectivity index (χ0v) is 17.3. The van der Waals surface area contributed by atoms with Gasteiger partial charge in [0, 0.05) is 6.08 Å². The molecule has 0 fully saturated rings. The van der Waals surface area contributed by atoms with Gasteiger partial charge in [0.25, 0.3) is 0 Å². The first kappa shape index (κ1) is 24.2. The molecule has 148 valence electrons. The van der Waals surface area contributed by atoms with Gasteiger partial charge in [0.05, 0.1) is 0 Å². The van der Waals surface area contributed by atoms with Crippen LogP contribution in [0.2, 0.25) is 0 Å². The number of rotatable bonds is 16. The van der Waals surface area contributed by atoms with E-state index in [0.717, 1.165) is 12.8 Å². The molecule has 0 aliphatic carbocycles. The fourth-order valence-electron chi connectivity index (χ4n) is 2.65. The Kier molecular flexibility index (Phi) is 16.1. The van der Waals surface area contributed by atoms with E-state index in [1.54, 1.807) is 0 Å². The molecule has 0 unspecified atom stereocenters. The van der Waals surface area contributed by atoms with Gasteiger partial charge in [-0.05, 0) is 33.6 Å². The average Bonchev–Trinajstić information content (AvgIpc) is 2.56. The molecule has 3 nitrogen and oxygen atoms in total. The lowest BCUT2D eigenvalue weighted by molar-refractivity contribution is -0.316. The average molecular weight is 355 g/mol. The van der Waals surface area contributed by atoms with E-state index >= 15 is 0 Å². The molecule has 25 heavy (non-hydrogen) atoms. The molecule has 0 saturated carbocycles. The summed E-state index contributed by atoms with van der Waals surface area (Å²) in [6.07, 6.45) is 21.9. The second-order valence-electron chi connectivity index (χ2n) is 8.03. The van der Waals surface area contributed by atoms with Gasteiger partial charge < -0.3 is 0 Å². The molecule has 0 bridgehead atoms. The highest BCUT2D eigenvalue weighted by atomic mass is 17.2. The fourth-order valence-corrected chi connectivity index (χ4v) is 2.65. The van der Waals surface area contributed by atoms with Gasteiger partial charge >= 0.3 is 5.97 Å². The van der Waals surface area contributed by atoms with Gasteiger partial charge in [-0.1, -0.05) is 90.0 Å². The van der Waals surface area contributed by atoms with Crippen molar-refractivity contribution in [3.63, 3.8) is 0 Å². The molecule has 0 atom stereocenters. The third-order valence-corrected chi connectivity index (χ3v) is 4.10. The first-order valence-corrected chi connectivity index (χ1v) is 10.5. The Morgan fingerprint density at radius 1 is 0.760 bits per heavy atom. The predicted molar refractivity (Wildman–Crippen MR) is 106 cm³/mol. The minimum atomic E-state index is -0.460. The predicted octanol–water partition coefficient (Wildman–Crippen LogP) is 7.30. The first-order valence-electron chi connectivity index (χ1n) is 10.5. The largest absolute Gasteiger partial charge is 0.365 e. The van der Waals surface area contributed by atoms with Gasteiger partial charge in [-0.15, -0.1) is 0 Å². The van der Waals surface area contributed by atoms with E-state index < -0.39 is 11.6 Å². The van der Waals surface area contributed by atoms with Crippen LogP contribution in [-0.2, 0) is 14.6 Å². The van der Waals surface area contributed by atoms with Crippen LogP contribution in [0.5, 0.6) is 0 Å². The summed E-state index contributed by atoms with van der Waals surface area (Å²) in [5.74, 6) is -0.426. The first-order chi connectivity index (χ1) is 12.0. The molecule has 0 N–H and O–H groups in total. The van der Waals surface area contributed by atoms with Gasteiger partial charge in [0.15, 0.2) is 0 Å². The van der Waals surface area contributed by atoms with E-state index in [9.17, 15) is 4.79 Å². The third kappa shape index (κ3) is 21.1. The van der Waals surface area contributed by atoms with E-state index in [0.29, 0.717) is 0 Å². The van der Waals surface area contributed by atoms with Gasteiger partial charge in [-0.3, -0.25) is 4.89 Å².